The fraction of sp³-hybridized carbons (Fsp3) is 0.348. The third kappa shape index (κ3) is 6.04. The predicted molar refractivity (Wildman–Crippen MR) is 127 cm³/mol. The summed E-state index contributed by atoms with van der Waals surface area (Å²) >= 11 is 6.05. The van der Waals surface area contributed by atoms with Crippen LogP contribution in [0.15, 0.2) is 42.6 Å². The number of benzene rings is 1. The summed E-state index contributed by atoms with van der Waals surface area (Å²) in [6.45, 7) is 4.71. The van der Waals surface area contributed by atoms with E-state index < -0.39 is 6.36 Å². The second kappa shape index (κ2) is 10.1. The molecule has 4 rings (SSSR count). The molecular formula is C23H24ClF3N6O2. The maximum Gasteiger partial charge on any atom is 0.573 e. The minimum absolute atomic E-state index is 0.0527. The highest BCUT2D eigenvalue weighted by Crippen LogP contribution is 2.26. The SMILES string of the molecule is CCc1nc2cc(Cl)ccn2c1C(=N)OC(=N)CN1CCN(c2ccc(OC(F)(F)F)cc2)CC1. The summed E-state index contributed by atoms with van der Waals surface area (Å²) in [4.78, 5) is 8.59. The number of pyridine rings is 1. The average Bonchev–Trinajstić information content (AvgIpc) is 3.17. The van der Waals surface area contributed by atoms with E-state index in [9.17, 15) is 13.2 Å². The van der Waals surface area contributed by atoms with E-state index in [0.717, 1.165) is 5.69 Å². The van der Waals surface area contributed by atoms with Crippen molar-refractivity contribution in [3.8, 4) is 5.75 Å². The Morgan fingerprint density at radius 1 is 1.09 bits per heavy atom. The molecule has 1 aliphatic heterocycles. The van der Waals surface area contributed by atoms with Gasteiger partial charge in [-0.25, -0.2) is 4.98 Å². The first-order valence-corrected chi connectivity index (χ1v) is 11.3. The first-order valence-electron chi connectivity index (χ1n) is 11.0. The van der Waals surface area contributed by atoms with E-state index in [4.69, 9.17) is 27.2 Å². The second-order valence-electron chi connectivity index (χ2n) is 7.99. The highest BCUT2D eigenvalue weighted by atomic mass is 35.5. The third-order valence-corrected chi connectivity index (χ3v) is 5.85. The fourth-order valence-electron chi connectivity index (χ4n) is 3.99. The molecule has 1 aromatic carbocycles. The number of hydrogen-bond acceptors (Lipinski definition) is 7. The summed E-state index contributed by atoms with van der Waals surface area (Å²) in [6, 6.07) is 9.19. The van der Waals surface area contributed by atoms with Crippen molar-refractivity contribution in [2.24, 2.45) is 0 Å². The van der Waals surface area contributed by atoms with Crippen LogP contribution >= 0.6 is 11.6 Å². The number of nitrogens with one attached hydrogen (secondary N) is 2. The average molecular weight is 509 g/mol. The Morgan fingerprint density at radius 3 is 2.40 bits per heavy atom. The molecular weight excluding hydrogens is 485 g/mol. The van der Waals surface area contributed by atoms with Gasteiger partial charge in [-0.05, 0) is 36.8 Å². The molecule has 0 radical (unpaired) electrons. The molecule has 3 aromatic rings. The van der Waals surface area contributed by atoms with Gasteiger partial charge in [0.15, 0.2) is 0 Å². The number of anilines is 1. The number of hydrogen-bond donors (Lipinski definition) is 2. The van der Waals surface area contributed by atoms with Gasteiger partial charge in [0.25, 0.3) is 0 Å². The van der Waals surface area contributed by atoms with E-state index in [-0.39, 0.29) is 24.1 Å². The first-order chi connectivity index (χ1) is 16.6. The molecule has 0 unspecified atom stereocenters. The second-order valence-corrected chi connectivity index (χ2v) is 8.43. The normalized spacial score (nSPS) is 14.8. The van der Waals surface area contributed by atoms with Crippen molar-refractivity contribution in [2.45, 2.75) is 19.7 Å². The molecule has 1 saturated heterocycles. The highest BCUT2D eigenvalue weighted by Gasteiger charge is 2.31. The van der Waals surface area contributed by atoms with Crippen LogP contribution in [0.1, 0.15) is 18.3 Å². The van der Waals surface area contributed by atoms with Gasteiger partial charge >= 0.3 is 6.36 Å². The molecule has 2 N–H and O–H groups in total. The van der Waals surface area contributed by atoms with Gasteiger partial charge < -0.3 is 14.4 Å². The lowest BCUT2D eigenvalue weighted by atomic mass is 10.2. The molecule has 186 valence electrons. The summed E-state index contributed by atoms with van der Waals surface area (Å²) in [6.07, 6.45) is -2.40. The molecule has 0 spiro atoms. The monoisotopic (exact) mass is 508 g/mol. The van der Waals surface area contributed by atoms with E-state index >= 15 is 0 Å². The van der Waals surface area contributed by atoms with E-state index in [2.05, 4.69) is 14.6 Å². The molecule has 3 heterocycles. The maximum atomic E-state index is 12.3. The van der Waals surface area contributed by atoms with Crippen LogP contribution in [0.25, 0.3) is 5.65 Å². The van der Waals surface area contributed by atoms with Gasteiger partial charge in [0, 0.05) is 49.2 Å². The molecule has 0 bridgehead atoms. The largest absolute Gasteiger partial charge is 0.573 e. The molecule has 0 saturated carbocycles. The summed E-state index contributed by atoms with van der Waals surface area (Å²) in [7, 11) is 0. The van der Waals surface area contributed by atoms with E-state index in [0.29, 0.717) is 54.7 Å². The Kier molecular flexibility index (Phi) is 7.18. The van der Waals surface area contributed by atoms with Crippen LogP contribution in [0, 0.1) is 10.8 Å². The van der Waals surface area contributed by atoms with Crippen LogP contribution in [0.4, 0.5) is 18.9 Å². The predicted octanol–water partition coefficient (Wildman–Crippen LogP) is 4.59. The van der Waals surface area contributed by atoms with Gasteiger partial charge in [-0.3, -0.25) is 20.1 Å². The molecule has 0 amide bonds. The fourth-order valence-corrected chi connectivity index (χ4v) is 4.14. The summed E-state index contributed by atoms with van der Waals surface area (Å²) < 4.78 is 48.2. The summed E-state index contributed by atoms with van der Waals surface area (Å²) in [5.41, 5.74) is 2.59. The quantitative estimate of drug-likeness (QED) is 0.375. The standard InChI is InChI=1S/C23H24ClF3N6O2/c1-2-18-21(33-8-7-15(24)13-20(33)30-18)22(29)34-19(28)14-31-9-11-32(12-10-31)16-3-5-17(6-4-16)35-23(25,26)27/h3-8,13,28-29H,2,9-12,14H2,1H3. The van der Waals surface area contributed by atoms with Crippen molar-refractivity contribution >= 4 is 34.7 Å². The van der Waals surface area contributed by atoms with E-state index in [1.54, 1.807) is 34.9 Å². The number of imidazole rings is 1. The molecule has 0 atom stereocenters. The Labute approximate surface area is 204 Å². The zero-order valence-electron chi connectivity index (χ0n) is 18.9. The minimum atomic E-state index is -4.72. The Morgan fingerprint density at radius 2 is 1.77 bits per heavy atom. The number of aromatic nitrogens is 2. The lowest BCUT2D eigenvalue weighted by Gasteiger charge is -2.36. The minimum Gasteiger partial charge on any atom is -0.422 e. The van der Waals surface area contributed by atoms with Gasteiger partial charge in [0.05, 0.1) is 12.2 Å². The van der Waals surface area contributed by atoms with Crippen molar-refractivity contribution in [3.05, 3.63) is 59.0 Å². The molecule has 1 fully saturated rings. The number of aryl methyl sites for hydroxylation is 1. The number of halogens is 4. The molecule has 0 aliphatic carbocycles. The molecule has 8 nitrogen and oxygen atoms in total. The molecule has 12 heteroatoms. The lowest BCUT2D eigenvalue weighted by Crippen LogP contribution is -2.48. The number of alkyl halides is 3. The Balaban J connectivity index is 1.31. The number of rotatable bonds is 6. The van der Waals surface area contributed by atoms with Crippen LogP contribution in [-0.2, 0) is 11.2 Å². The topological polar surface area (TPSA) is 89.9 Å². The van der Waals surface area contributed by atoms with Crippen LogP contribution in [0.3, 0.4) is 0 Å². The van der Waals surface area contributed by atoms with Crippen molar-refractivity contribution in [1.29, 1.82) is 10.8 Å². The zero-order valence-corrected chi connectivity index (χ0v) is 19.7. The number of fused-ring (bicyclic) bond motifs is 1. The van der Waals surface area contributed by atoms with Crippen molar-refractivity contribution < 1.29 is 22.6 Å². The third-order valence-electron chi connectivity index (χ3n) is 5.61. The zero-order chi connectivity index (χ0) is 25.2. The van der Waals surface area contributed by atoms with Crippen LogP contribution in [-0.4, -0.2) is 65.2 Å². The van der Waals surface area contributed by atoms with Crippen LogP contribution in [0.2, 0.25) is 5.02 Å². The number of nitrogens with zero attached hydrogens (tertiary/aromatic N) is 4. The molecule has 35 heavy (non-hydrogen) atoms. The summed E-state index contributed by atoms with van der Waals surface area (Å²) in [5, 5.41) is 17.2. The molecule has 2 aromatic heterocycles. The van der Waals surface area contributed by atoms with E-state index in [1.807, 2.05) is 11.8 Å². The van der Waals surface area contributed by atoms with Gasteiger partial charge in [0.1, 0.15) is 17.1 Å². The first kappa shape index (κ1) is 24.8. The number of piperazine rings is 1. The lowest BCUT2D eigenvalue weighted by molar-refractivity contribution is -0.274. The van der Waals surface area contributed by atoms with Crippen LogP contribution < -0.4 is 9.64 Å². The molecule has 1 aliphatic rings. The smallest absolute Gasteiger partial charge is 0.422 e. The van der Waals surface area contributed by atoms with E-state index in [1.165, 1.54) is 12.1 Å². The summed E-state index contributed by atoms with van der Waals surface area (Å²) in [5.74, 6) is -0.460. The maximum absolute atomic E-state index is 12.3. The van der Waals surface area contributed by atoms with Gasteiger partial charge in [-0.2, -0.15) is 0 Å². The van der Waals surface area contributed by atoms with Crippen molar-refractivity contribution in [1.82, 2.24) is 14.3 Å². The van der Waals surface area contributed by atoms with Gasteiger partial charge in [-0.1, -0.05) is 18.5 Å². The Hall–Kier alpha value is -3.31. The number of ether oxygens (including phenoxy) is 2. The van der Waals surface area contributed by atoms with Crippen molar-refractivity contribution in [3.63, 3.8) is 0 Å². The van der Waals surface area contributed by atoms with Gasteiger partial charge in [0.2, 0.25) is 11.8 Å². The van der Waals surface area contributed by atoms with Gasteiger partial charge in [-0.15, -0.1) is 13.2 Å². The van der Waals surface area contributed by atoms with Crippen LogP contribution in [0.5, 0.6) is 5.75 Å². The Bertz CT molecular complexity index is 1220. The van der Waals surface area contributed by atoms with Crippen molar-refractivity contribution in [2.75, 3.05) is 37.6 Å². The highest BCUT2D eigenvalue weighted by molar-refractivity contribution is 6.30.